The lowest BCUT2D eigenvalue weighted by Gasteiger charge is -2.17. The maximum Gasteiger partial charge on any atom is 0.215 e. The number of rotatable bonds is 5. The zero-order valence-electron chi connectivity index (χ0n) is 10.2. The summed E-state index contributed by atoms with van der Waals surface area (Å²) in [6.45, 7) is 2.09. The van der Waals surface area contributed by atoms with Gasteiger partial charge in [0, 0.05) is 5.56 Å². The van der Waals surface area contributed by atoms with Crippen molar-refractivity contribution in [2.75, 3.05) is 20.8 Å². The standard InChI is InChI=1S/C12H17NO4/c1-4-17-12(13)10(14)8-6-5-7-9(15-2)11(8)16-3/h5-7,10,13-14H,4H2,1-3H3/t10-/m0/s1. The van der Waals surface area contributed by atoms with E-state index in [9.17, 15) is 5.11 Å². The lowest BCUT2D eigenvalue weighted by Crippen LogP contribution is -2.15. The first-order chi connectivity index (χ1) is 8.15. The van der Waals surface area contributed by atoms with Gasteiger partial charge >= 0.3 is 0 Å². The second kappa shape index (κ2) is 6.10. The lowest BCUT2D eigenvalue weighted by atomic mass is 10.1. The minimum Gasteiger partial charge on any atom is -0.493 e. The molecule has 0 radical (unpaired) electrons. The minimum atomic E-state index is -1.15. The van der Waals surface area contributed by atoms with Gasteiger partial charge in [0.05, 0.1) is 20.8 Å². The smallest absolute Gasteiger partial charge is 0.215 e. The summed E-state index contributed by atoms with van der Waals surface area (Å²) in [4.78, 5) is 0. The van der Waals surface area contributed by atoms with Crippen molar-refractivity contribution in [3.8, 4) is 11.5 Å². The zero-order valence-corrected chi connectivity index (χ0v) is 10.2. The van der Waals surface area contributed by atoms with E-state index in [1.807, 2.05) is 0 Å². The quantitative estimate of drug-likeness (QED) is 0.606. The summed E-state index contributed by atoms with van der Waals surface area (Å²) >= 11 is 0. The Morgan fingerprint density at radius 1 is 1.35 bits per heavy atom. The van der Waals surface area contributed by atoms with Gasteiger partial charge in [0.1, 0.15) is 0 Å². The number of para-hydroxylation sites is 1. The molecule has 1 aromatic carbocycles. The summed E-state index contributed by atoms with van der Waals surface area (Å²) < 4.78 is 15.3. The Labute approximate surface area is 100 Å². The number of ether oxygens (including phenoxy) is 3. The van der Waals surface area contributed by atoms with E-state index in [1.165, 1.54) is 14.2 Å². The summed E-state index contributed by atoms with van der Waals surface area (Å²) in [7, 11) is 3.00. The fraction of sp³-hybridized carbons (Fsp3) is 0.417. The average Bonchev–Trinajstić information content (AvgIpc) is 2.36. The molecule has 0 saturated heterocycles. The molecule has 0 aliphatic heterocycles. The summed E-state index contributed by atoms with van der Waals surface area (Å²) in [6.07, 6.45) is -1.15. The van der Waals surface area contributed by atoms with Crippen LogP contribution in [0.15, 0.2) is 18.2 Å². The molecule has 0 heterocycles. The Bertz CT molecular complexity index is 392. The number of benzene rings is 1. The van der Waals surface area contributed by atoms with Crippen molar-refractivity contribution in [3.05, 3.63) is 23.8 Å². The fourth-order valence-corrected chi connectivity index (χ4v) is 1.50. The van der Waals surface area contributed by atoms with Crippen LogP contribution in [0.2, 0.25) is 0 Å². The van der Waals surface area contributed by atoms with Crippen molar-refractivity contribution < 1.29 is 19.3 Å². The van der Waals surface area contributed by atoms with Crippen LogP contribution in [0.1, 0.15) is 18.6 Å². The molecule has 1 rings (SSSR count). The van der Waals surface area contributed by atoms with Crippen LogP contribution >= 0.6 is 0 Å². The molecule has 0 aliphatic carbocycles. The van der Waals surface area contributed by atoms with Crippen molar-refractivity contribution in [2.24, 2.45) is 0 Å². The zero-order chi connectivity index (χ0) is 12.8. The molecule has 0 aliphatic rings. The third-order valence-electron chi connectivity index (χ3n) is 2.28. The van der Waals surface area contributed by atoms with E-state index in [4.69, 9.17) is 19.6 Å². The van der Waals surface area contributed by atoms with Gasteiger partial charge in [-0.25, -0.2) is 0 Å². The van der Waals surface area contributed by atoms with Gasteiger partial charge in [-0.2, -0.15) is 0 Å². The summed E-state index contributed by atoms with van der Waals surface area (Å²) in [5, 5.41) is 17.5. The van der Waals surface area contributed by atoms with Crippen molar-refractivity contribution >= 4 is 5.90 Å². The van der Waals surface area contributed by atoms with E-state index in [1.54, 1.807) is 25.1 Å². The lowest BCUT2D eigenvalue weighted by molar-refractivity contribution is 0.186. The van der Waals surface area contributed by atoms with E-state index in [0.717, 1.165) is 0 Å². The number of hydrogen-bond acceptors (Lipinski definition) is 5. The second-order valence-corrected chi connectivity index (χ2v) is 3.28. The second-order valence-electron chi connectivity index (χ2n) is 3.28. The van der Waals surface area contributed by atoms with Gasteiger partial charge in [-0.3, -0.25) is 5.41 Å². The molecule has 0 saturated carbocycles. The molecule has 0 fully saturated rings. The Morgan fingerprint density at radius 3 is 2.59 bits per heavy atom. The molecule has 2 N–H and O–H groups in total. The summed E-state index contributed by atoms with van der Waals surface area (Å²) in [6, 6.07) is 5.11. The molecule has 17 heavy (non-hydrogen) atoms. The number of aliphatic hydroxyl groups excluding tert-OH is 1. The molecular formula is C12H17NO4. The maximum atomic E-state index is 9.97. The highest BCUT2D eigenvalue weighted by Gasteiger charge is 2.21. The largest absolute Gasteiger partial charge is 0.493 e. The predicted molar refractivity (Wildman–Crippen MR) is 63.9 cm³/mol. The van der Waals surface area contributed by atoms with E-state index in [-0.39, 0.29) is 5.90 Å². The van der Waals surface area contributed by atoms with Crippen molar-refractivity contribution in [3.63, 3.8) is 0 Å². The molecule has 0 amide bonds. The predicted octanol–water partition coefficient (Wildman–Crippen LogP) is 1.75. The molecular weight excluding hydrogens is 222 g/mol. The van der Waals surface area contributed by atoms with Crippen LogP contribution in [0, 0.1) is 5.41 Å². The molecule has 0 bridgehead atoms. The van der Waals surface area contributed by atoms with Gasteiger partial charge in [-0.05, 0) is 13.0 Å². The summed E-state index contributed by atoms with van der Waals surface area (Å²) in [5.41, 5.74) is 0.449. The van der Waals surface area contributed by atoms with Crippen LogP contribution in [0.3, 0.4) is 0 Å². The molecule has 0 unspecified atom stereocenters. The first kappa shape index (κ1) is 13.3. The summed E-state index contributed by atoms with van der Waals surface area (Å²) in [5.74, 6) is 0.708. The Balaban J connectivity index is 3.08. The van der Waals surface area contributed by atoms with Crippen molar-refractivity contribution in [2.45, 2.75) is 13.0 Å². The van der Waals surface area contributed by atoms with Crippen LogP contribution in [0.5, 0.6) is 11.5 Å². The van der Waals surface area contributed by atoms with Crippen LogP contribution in [-0.2, 0) is 4.74 Å². The normalized spacial score (nSPS) is 11.8. The molecule has 94 valence electrons. The first-order valence-corrected chi connectivity index (χ1v) is 5.25. The van der Waals surface area contributed by atoms with Crippen LogP contribution in [-0.4, -0.2) is 31.8 Å². The minimum absolute atomic E-state index is 0.209. The van der Waals surface area contributed by atoms with Crippen molar-refractivity contribution in [1.29, 1.82) is 5.41 Å². The molecule has 1 aromatic rings. The first-order valence-electron chi connectivity index (χ1n) is 5.25. The van der Waals surface area contributed by atoms with E-state index >= 15 is 0 Å². The number of nitrogens with one attached hydrogen (secondary N) is 1. The maximum absolute atomic E-state index is 9.97. The number of methoxy groups -OCH3 is 2. The van der Waals surface area contributed by atoms with Crippen LogP contribution in [0.4, 0.5) is 0 Å². The Hall–Kier alpha value is -1.75. The third-order valence-corrected chi connectivity index (χ3v) is 2.28. The molecule has 0 spiro atoms. The number of aliphatic hydroxyl groups is 1. The fourth-order valence-electron chi connectivity index (χ4n) is 1.50. The van der Waals surface area contributed by atoms with E-state index in [0.29, 0.717) is 23.7 Å². The highest BCUT2D eigenvalue weighted by Crippen LogP contribution is 2.34. The number of hydrogen-bond donors (Lipinski definition) is 2. The van der Waals surface area contributed by atoms with Gasteiger partial charge in [0.2, 0.25) is 5.90 Å². The molecule has 5 heteroatoms. The highest BCUT2D eigenvalue weighted by molar-refractivity contribution is 5.80. The van der Waals surface area contributed by atoms with E-state index < -0.39 is 6.10 Å². The Kier molecular flexibility index (Phi) is 4.78. The van der Waals surface area contributed by atoms with Gasteiger partial charge in [0.15, 0.2) is 17.6 Å². The van der Waals surface area contributed by atoms with Gasteiger partial charge in [0.25, 0.3) is 0 Å². The molecule has 1 atom stereocenters. The molecule has 5 nitrogen and oxygen atoms in total. The van der Waals surface area contributed by atoms with Crippen LogP contribution < -0.4 is 9.47 Å². The average molecular weight is 239 g/mol. The van der Waals surface area contributed by atoms with E-state index in [2.05, 4.69) is 0 Å². The Morgan fingerprint density at radius 2 is 2.06 bits per heavy atom. The third kappa shape index (κ3) is 2.88. The van der Waals surface area contributed by atoms with Gasteiger partial charge in [-0.1, -0.05) is 12.1 Å². The van der Waals surface area contributed by atoms with Gasteiger partial charge in [-0.15, -0.1) is 0 Å². The van der Waals surface area contributed by atoms with Crippen LogP contribution in [0.25, 0.3) is 0 Å². The van der Waals surface area contributed by atoms with Gasteiger partial charge < -0.3 is 19.3 Å². The monoisotopic (exact) mass is 239 g/mol. The van der Waals surface area contributed by atoms with Crippen molar-refractivity contribution in [1.82, 2.24) is 0 Å². The molecule has 0 aromatic heterocycles. The SMILES string of the molecule is CCOC(=N)[C@@H](O)c1cccc(OC)c1OC. The highest BCUT2D eigenvalue weighted by atomic mass is 16.5. The topological polar surface area (TPSA) is 71.8 Å².